The zero-order valence-electron chi connectivity index (χ0n) is 12.3. The monoisotopic (exact) mass is 266 g/mol. The first-order valence-electron chi connectivity index (χ1n) is 8.47. The molecule has 2 aliphatic heterocycles. The van der Waals surface area contributed by atoms with Crippen molar-refractivity contribution in [3.05, 3.63) is 0 Å². The van der Waals surface area contributed by atoms with Crippen LogP contribution in [0.25, 0.3) is 0 Å². The summed E-state index contributed by atoms with van der Waals surface area (Å²) in [7, 11) is 0. The van der Waals surface area contributed by atoms with E-state index >= 15 is 0 Å². The summed E-state index contributed by atoms with van der Waals surface area (Å²) < 4.78 is 0. The summed E-state index contributed by atoms with van der Waals surface area (Å²) in [6.45, 7) is 6.30. The first kappa shape index (κ1) is 13.8. The Morgan fingerprint density at radius 3 is 2.47 bits per heavy atom. The van der Waals surface area contributed by atoms with E-state index in [1.54, 1.807) is 0 Å². The highest BCUT2D eigenvalue weighted by molar-refractivity contribution is 4.87. The largest absolute Gasteiger partial charge is 0.393 e. The van der Waals surface area contributed by atoms with Crippen LogP contribution in [-0.2, 0) is 0 Å². The van der Waals surface area contributed by atoms with Crippen LogP contribution < -0.4 is 0 Å². The van der Waals surface area contributed by atoms with Crippen molar-refractivity contribution in [3.8, 4) is 0 Å². The van der Waals surface area contributed by atoms with Gasteiger partial charge in [-0.1, -0.05) is 19.3 Å². The molecular weight excluding hydrogens is 236 g/mol. The van der Waals surface area contributed by atoms with Crippen LogP contribution in [0, 0.1) is 5.92 Å². The third-order valence-electron chi connectivity index (χ3n) is 5.52. The molecule has 1 N–H and O–H groups in total. The first-order valence-corrected chi connectivity index (χ1v) is 8.47. The van der Waals surface area contributed by atoms with E-state index in [0.717, 1.165) is 19.0 Å². The highest BCUT2D eigenvalue weighted by Gasteiger charge is 2.31. The molecule has 0 spiro atoms. The molecule has 2 heterocycles. The molecule has 3 unspecified atom stereocenters. The van der Waals surface area contributed by atoms with Crippen LogP contribution in [0.1, 0.15) is 51.4 Å². The summed E-state index contributed by atoms with van der Waals surface area (Å²) in [6.07, 6.45) is 10.3. The molecule has 3 atom stereocenters. The fraction of sp³-hybridized carbons (Fsp3) is 1.00. The van der Waals surface area contributed by atoms with Gasteiger partial charge < -0.3 is 10.0 Å². The maximum Gasteiger partial charge on any atom is 0.0580 e. The van der Waals surface area contributed by atoms with Gasteiger partial charge in [0.1, 0.15) is 0 Å². The van der Waals surface area contributed by atoms with Crippen molar-refractivity contribution in [1.29, 1.82) is 0 Å². The number of aliphatic hydroxyl groups excluding tert-OH is 1. The second-order valence-corrected chi connectivity index (χ2v) is 6.91. The third kappa shape index (κ3) is 3.50. The van der Waals surface area contributed by atoms with Crippen molar-refractivity contribution in [2.75, 3.05) is 32.7 Å². The van der Waals surface area contributed by atoms with E-state index < -0.39 is 0 Å². The summed E-state index contributed by atoms with van der Waals surface area (Å²) in [5, 5.41) is 10.2. The number of hydrogen-bond donors (Lipinski definition) is 1. The molecular formula is C16H30N2O. The highest BCUT2D eigenvalue weighted by atomic mass is 16.3. The van der Waals surface area contributed by atoms with E-state index in [4.69, 9.17) is 0 Å². The quantitative estimate of drug-likeness (QED) is 0.793. The normalized spacial score (nSPS) is 38.7. The van der Waals surface area contributed by atoms with Crippen molar-refractivity contribution < 1.29 is 5.11 Å². The molecule has 0 aromatic rings. The fourth-order valence-electron chi connectivity index (χ4n) is 4.29. The van der Waals surface area contributed by atoms with Crippen LogP contribution in [0.15, 0.2) is 0 Å². The molecule has 19 heavy (non-hydrogen) atoms. The second kappa shape index (κ2) is 6.55. The Kier molecular flexibility index (Phi) is 4.78. The van der Waals surface area contributed by atoms with Gasteiger partial charge in [-0.25, -0.2) is 0 Å². The van der Waals surface area contributed by atoms with Crippen molar-refractivity contribution >= 4 is 0 Å². The zero-order valence-corrected chi connectivity index (χ0v) is 12.3. The van der Waals surface area contributed by atoms with E-state index in [1.165, 1.54) is 71.1 Å². The van der Waals surface area contributed by atoms with Crippen LogP contribution in [0.3, 0.4) is 0 Å². The van der Waals surface area contributed by atoms with Gasteiger partial charge in [-0.2, -0.15) is 0 Å². The van der Waals surface area contributed by atoms with E-state index in [2.05, 4.69) is 9.80 Å². The summed E-state index contributed by atoms with van der Waals surface area (Å²) in [6, 6.07) is 0.811. The van der Waals surface area contributed by atoms with E-state index in [1.807, 2.05) is 0 Å². The summed E-state index contributed by atoms with van der Waals surface area (Å²) in [5.74, 6) is 0.542. The van der Waals surface area contributed by atoms with E-state index in [9.17, 15) is 5.11 Å². The topological polar surface area (TPSA) is 26.7 Å². The smallest absolute Gasteiger partial charge is 0.0580 e. The van der Waals surface area contributed by atoms with Crippen molar-refractivity contribution in [3.63, 3.8) is 0 Å². The predicted molar refractivity (Wildman–Crippen MR) is 78.2 cm³/mol. The van der Waals surface area contributed by atoms with E-state index in [-0.39, 0.29) is 6.10 Å². The van der Waals surface area contributed by atoms with E-state index in [0.29, 0.717) is 5.92 Å². The van der Waals surface area contributed by atoms with Gasteiger partial charge in [0.2, 0.25) is 0 Å². The van der Waals surface area contributed by atoms with Gasteiger partial charge in [-0.05, 0) is 57.7 Å². The Hall–Kier alpha value is -0.120. The summed E-state index contributed by atoms with van der Waals surface area (Å²) in [4.78, 5) is 5.33. The zero-order chi connectivity index (χ0) is 13.1. The van der Waals surface area contributed by atoms with Crippen LogP contribution in [0.5, 0.6) is 0 Å². The maximum atomic E-state index is 10.2. The average molecular weight is 266 g/mol. The average Bonchev–Trinajstić information content (AvgIpc) is 3.03. The molecule has 0 radical (unpaired) electrons. The van der Waals surface area contributed by atoms with Gasteiger partial charge in [0, 0.05) is 19.1 Å². The standard InChI is InChI=1S/C16H30N2O/c19-16-7-3-1-2-6-14(16)12-17-11-8-15(13-17)18-9-4-5-10-18/h14-16,19H,1-13H2. The number of hydrogen-bond acceptors (Lipinski definition) is 3. The minimum atomic E-state index is -0.0339. The summed E-state index contributed by atoms with van der Waals surface area (Å²) in [5.41, 5.74) is 0. The molecule has 3 heteroatoms. The van der Waals surface area contributed by atoms with Gasteiger partial charge in [-0.15, -0.1) is 0 Å². The molecule has 3 aliphatic rings. The maximum absolute atomic E-state index is 10.2. The molecule has 1 aliphatic carbocycles. The number of rotatable bonds is 3. The van der Waals surface area contributed by atoms with Crippen LogP contribution in [0.4, 0.5) is 0 Å². The SMILES string of the molecule is OC1CCCCCC1CN1CCC(N2CCCC2)C1. The van der Waals surface area contributed by atoms with Gasteiger partial charge >= 0.3 is 0 Å². The van der Waals surface area contributed by atoms with Gasteiger partial charge in [0.15, 0.2) is 0 Å². The second-order valence-electron chi connectivity index (χ2n) is 6.91. The Balaban J connectivity index is 1.47. The Labute approximate surface area is 118 Å². The number of aliphatic hydroxyl groups is 1. The molecule has 0 aromatic carbocycles. The molecule has 3 rings (SSSR count). The molecule has 3 fully saturated rings. The van der Waals surface area contributed by atoms with Crippen LogP contribution >= 0.6 is 0 Å². The van der Waals surface area contributed by atoms with Crippen molar-refractivity contribution in [2.24, 2.45) is 5.92 Å². The molecule has 2 saturated heterocycles. The minimum absolute atomic E-state index is 0.0339. The number of nitrogens with zero attached hydrogens (tertiary/aromatic N) is 2. The summed E-state index contributed by atoms with van der Waals surface area (Å²) >= 11 is 0. The van der Waals surface area contributed by atoms with Crippen LogP contribution in [-0.4, -0.2) is 59.8 Å². The lowest BCUT2D eigenvalue weighted by Crippen LogP contribution is -2.38. The molecule has 3 nitrogen and oxygen atoms in total. The van der Waals surface area contributed by atoms with Crippen molar-refractivity contribution in [1.82, 2.24) is 9.80 Å². The van der Waals surface area contributed by atoms with Gasteiger partial charge in [-0.3, -0.25) is 4.90 Å². The molecule has 0 bridgehead atoms. The minimum Gasteiger partial charge on any atom is -0.393 e. The van der Waals surface area contributed by atoms with Gasteiger partial charge in [0.05, 0.1) is 6.10 Å². The molecule has 1 saturated carbocycles. The fourth-order valence-corrected chi connectivity index (χ4v) is 4.29. The molecule has 110 valence electrons. The lowest BCUT2D eigenvalue weighted by atomic mass is 9.97. The Bertz CT molecular complexity index is 278. The predicted octanol–water partition coefficient (Wildman–Crippen LogP) is 2.10. The first-order chi connectivity index (χ1) is 9.33. The Morgan fingerprint density at radius 2 is 1.63 bits per heavy atom. The highest BCUT2D eigenvalue weighted by Crippen LogP contribution is 2.27. The lowest BCUT2D eigenvalue weighted by molar-refractivity contribution is 0.0772. The van der Waals surface area contributed by atoms with Gasteiger partial charge in [0.25, 0.3) is 0 Å². The van der Waals surface area contributed by atoms with Crippen molar-refractivity contribution in [2.45, 2.75) is 63.5 Å². The Morgan fingerprint density at radius 1 is 0.842 bits per heavy atom. The van der Waals surface area contributed by atoms with Crippen LogP contribution in [0.2, 0.25) is 0 Å². The number of likely N-dealkylation sites (tertiary alicyclic amines) is 2. The molecule has 0 amide bonds. The lowest BCUT2D eigenvalue weighted by Gasteiger charge is -2.27. The third-order valence-corrected chi connectivity index (χ3v) is 5.52. The molecule has 0 aromatic heterocycles.